The van der Waals surface area contributed by atoms with Gasteiger partial charge in [-0.2, -0.15) is 11.3 Å². The number of likely N-dealkylation sites (N-methyl/N-ethyl adjacent to an activating group) is 1. The normalized spacial score (nSPS) is 12.4. The predicted octanol–water partition coefficient (Wildman–Crippen LogP) is 3.06. The summed E-state index contributed by atoms with van der Waals surface area (Å²) in [7, 11) is 3.77. The number of thiophene rings is 1. The zero-order valence-corrected chi connectivity index (χ0v) is 12.6. The van der Waals surface area contributed by atoms with E-state index in [9.17, 15) is 13.6 Å². The van der Waals surface area contributed by atoms with Gasteiger partial charge in [-0.25, -0.2) is 8.78 Å². The molecule has 1 aromatic carbocycles. The fourth-order valence-corrected chi connectivity index (χ4v) is 2.76. The molecule has 21 heavy (non-hydrogen) atoms. The van der Waals surface area contributed by atoms with Crippen LogP contribution in [0.3, 0.4) is 0 Å². The molecular weight excluding hydrogens is 294 g/mol. The van der Waals surface area contributed by atoms with Gasteiger partial charge in [0, 0.05) is 6.54 Å². The molecule has 1 N–H and O–H groups in total. The van der Waals surface area contributed by atoms with Gasteiger partial charge in [0.1, 0.15) is 17.2 Å². The minimum Gasteiger partial charge on any atom is -0.350 e. The molecule has 3 nitrogen and oxygen atoms in total. The number of nitrogens with one attached hydrogen (secondary N) is 1. The van der Waals surface area contributed by atoms with Crippen molar-refractivity contribution in [2.45, 2.75) is 6.04 Å². The lowest BCUT2D eigenvalue weighted by atomic mass is 10.1. The van der Waals surface area contributed by atoms with Gasteiger partial charge in [-0.05, 0) is 48.6 Å². The number of rotatable bonds is 5. The summed E-state index contributed by atoms with van der Waals surface area (Å²) in [4.78, 5) is 13.9. The highest BCUT2D eigenvalue weighted by molar-refractivity contribution is 7.07. The van der Waals surface area contributed by atoms with Crippen LogP contribution in [0.1, 0.15) is 22.0 Å². The summed E-state index contributed by atoms with van der Waals surface area (Å²) < 4.78 is 27.1. The molecule has 0 fully saturated rings. The van der Waals surface area contributed by atoms with E-state index in [2.05, 4.69) is 5.32 Å². The number of hydrogen-bond donors (Lipinski definition) is 1. The molecule has 0 unspecified atom stereocenters. The maximum absolute atomic E-state index is 13.5. The lowest BCUT2D eigenvalue weighted by Gasteiger charge is -2.24. The lowest BCUT2D eigenvalue weighted by Crippen LogP contribution is -2.35. The molecule has 2 aromatic rings. The molecule has 2 rings (SSSR count). The Morgan fingerprint density at radius 3 is 2.48 bits per heavy atom. The van der Waals surface area contributed by atoms with Crippen LogP contribution < -0.4 is 5.32 Å². The summed E-state index contributed by atoms with van der Waals surface area (Å²) in [5.74, 6) is -2.46. The molecule has 112 valence electrons. The number of carbonyl (C=O) groups excluding carboxylic acids is 1. The van der Waals surface area contributed by atoms with Crippen LogP contribution >= 0.6 is 11.3 Å². The van der Waals surface area contributed by atoms with Crippen LogP contribution in [-0.4, -0.2) is 31.4 Å². The Hall–Kier alpha value is -1.79. The molecule has 0 aliphatic heterocycles. The Morgan fingerprint density at radius 2 is 1.95 bits per heavy atom. The van der Waals surface area contributed by atoms with E-state index in [-0.39, 0.29) is 12.6 Å². The van der Waals surface area contributed by atoms with E-state index in [0.717, 1.165) is 17.7 Å². The maximum Gasteiger partial charge on any atom is 0.257 e. The molecule has 0 saturated heterocycles. The Morgan fingerprint density at radius 1 is 1.29 bits per heavy atom. The third kappa shape index (κ3) is 3.65. The van der Waals surface area contributed by atoms with Crippen molar-refractivity contribution in [2.75, 3.05) is 20.6 Å². The number of halogens is 2. The third-order valence-electron chi connectivity index (χ3n) is 3.20. The first-order valence-electron chi connectivity index (χ1n) is 6.41. The highest BCUT2D eigenvalue weighted by Crippen LogP contribution is 2.20. The fraction of sp³-hybridized carbons (Fsp3) is 0.267. The van der Waals surface area contributed by atoms with Gasteiger partial charge < -0.3 is 10.2 Å². The molecule has 1 amide bonds. The van der Waals surface area contributed by atoms with E-state index in [1.807, 2.05) is 35.8 Å². The second kappa shape index (κ2) is 6.78. The summed E-state index contributed by atoms with van der Waals surface area (Å²) in [5, 5.41) is 6.53. The van der Waals surface area contributed by atoms with Crippen molar-refractivity contribution in [3.05, 3.63) is 57.8 Å². The average molecular weight is 310 g/mol. The largest absolute Gasteiger partial charge is 0.350 e. The molecule has 0 saturated carbocycles. The minimum absolute atomic E-state index is 0.0463. The van der Waals surface area contributed by atoms with Gasteiger partial charge in [0.15, 0.2) is 0 Å². The lowest BCUT2D eigenvalue weighted by molar-refractivity contribution is 0.0933. The second-order valence-electron chi connectivity index (χ2n) is 4.84. The molecule has 1 atom stereocenters. The monoisotopic (exact) mass is 310 g/mol. The first kappa shape index (κ1) is 15.6. The molecule has 1 heterocycles. The standard InChI is InChI=1S/C15H16F2N2OS/c1-19(2)13(10-6-7-21-9-10)8-18-15(20)14-11(16)4-3-5-12(14)17/h3-7,9,13H,8H2,1-2H3,(H,18,20)/t13-/m1/s1. The topological polar surface area (TPSA) is 32.3 Å². The summed E-state index contributed by atoms with van der Waals surface area (Å²) in [6, 6.07) is 5.29. The van der Waals surface area contributed by atoms with E-state index in [0.29, 0.717) is 0 Å². The van der Waals surface area contributed by atoms with Gasteiger partial charge in [0.25, 0.3) is 5.91 Å². The van der Waals surface area contributed by atoms with Crippen molar-refractivity contribution in [2.24, 2.45) is 0 Å². The van der Waals surface area contributed by atoms with Crippen molar-refractivity contribution in [3.63, 3.8) is 0 Å². The number of hydrogen-bond acceptors (Lipinski definition) is 3. The number of carbonyl (C=O) groups is 1. The zero-order valence-electron chi connectivity index (χ0n) is 11.8. The van der Waals surface area contributed by atoms with Crippen LogP contribution in [0, 0.1) is 11.6 Å². The van der Waals surface area contributed by atoms with E-state index >= 15 is 0 Å². The number of nitrogens with zero attached hydrogens (tertiary/aromatic N) is 1. The molecule has 0 spiro atoms. The van der Waals surface area contributed by atoms with E-state index in [1.165, 1.54) is 6.07 Å². The summed E-state index contributed by atoms with van der Waals surface area (Å²) in [5.41, 5.74) is 0.514. The quantitative estimate of drug-likeness (QED) is 0.920. The fourth-order valence-electron chi connectivity index (χ4n) is 2.06. The van der Waals surface area contributed by atoms with Crippen LogP contribution in [0.4, 0.5) is 8.78 Å². The van der Waals surface area contributed by atoms with Gasteiger partial charge in [-0.15, -0.1) is 0 Å². The molecule has 1 aromatic heterocycles. The third-order valence-corrected chi connectivity index (χ3v) is 3.90. The van der Waals surface area contributed by atoms with Crippen molar-refractivity contribution >= 4 is 17.2 Å². The van der Waals surface area contributed by atoms with Crippen molar-refractivity contribution in [1.82, 2.24) is 10.2 Å². The van der Waals surface area contributed by atoms with Crippen molar-refractivity contribution in [1.29, 1.82) is 0 Å². The number of benzene rings is 1. The molecule has 0 aliphatic rings. The zero-order chi connectivity index (χ0) is 15.4. The van der Waals surface area contributed by atoms with Gasteiger partial charge in [0.05, 0.1) is 6.04 Å². The minimum atomic E-state index is -0.857. The van der Waals surface area contributed by atoms with Crippen molar-refractivity contribution in [3.8, 4) is 0 Å². The first-order chi connectivity index (χ1) is 10.0. The van der Waals surface area contributed by atoms with E-state index in [1.54, 1.807) is 11.3 Å². The maximum atomic E-state index is 13.5. The SMILES string of the molecule is CN(C)[C@H](CNC(=O)c1c(F)cccc1F)c1ccsc1. The van der Waals surface area contributed by atoms with Crippen LogP contribution in [0.15, 0.2) is 35.0 Å². The Kier molecular flexibility index (Phi) is 5.03. The van der Waals surface area contributed by atoms with Crippen molar-refractivity contribution < 1.29 is 13.6 Å². The molecular formula is C15H16F2N2OS. The van der Waals surface area contributed by atoms with Crippen LogP contribution in [0.2, 0.25) is 0 Å². The second-order valence-corrected chi connectivity index (χ2v) is 5.62. The summed E-state index contributed by atoms with van der Waals surface area (Å²) >= 11 is 1.56. The summed E-state index contributed by atoms with van der Waals surface area (Å²) in [6.07, 6.45) is 0. The van der Waals surface area contributed by atoms with E-state index < -0.39 is 23.1 Å². The van der Waals surface area contributed by atoms with Gasteiger partial charge in [-0.1, -0.05) is 6.07 Å². The number of amides is 1. The smallest absolute Gasteiger partial charge is 0.257 e. The van der Waals surface area contributed by atoms with Crippen LogP contribution in [0.5, 0.6) is 0 Å². The Balaban J connectivity index is 2.09. The van der Waals surface area contributed by atoms with Crippen LogP contribution in [0.25, 0.3) is 0 Å². The molecule has 6 heteroatoms. The Bertz CT molecular complexity index is 594. The van der Waals surface area contributed by atoms with Gasteiger partial charge in [-0.3, -0.25) is 4.79 Å². The molecule has 0 bridgehead atoms. The summed E-state index contributed by atoms with van der Waals surface area (Å²) in [6.45, 7) is 0.274. The molecule has 0 radical (unpaired) electrons. The van der Waals surface area contributed by atoms with E-state index in [4.69, 9.17) is 0 Å². The molecule has 0 aliphatic carbocycles. The average Bonchev–Trinajstić information content (AvgIpc) is 2.92. The van der Waals surface area contributed by atoms with Gasteiger partial charge in [0.2, 0.25) is 0 Å². The van der Waals surface area contributed by atoms with Crippen LogP contribution in [-0.2, 0) is 0 Å². The highest BCUT2D eigenvalue weighted by Gasteiger charge is 2.20. The van der Waals surface area contributed by atoms with Gasteiger partial charge >= 0.3 is 0 Å². The highest BCUT2D eigenvalue weighted by atomic mass is 32.1. The Labute approximate surface area is 126 Å². The first-order valence-corrected chi connectivity index (χ1v) is 7.35. The predicted molar refractivity (Wildman–Crippen MR) is 79.4 cm³/mol.